The van der Waals surface area contributed by atoms with Crippen molar-refractivity contribution in [2.45, 2.75) is 24.3 Å². The molecule has 1 heterocycles. The van der Waals surface area contributed by atoms with Gasteiger partial charge in [-0.25, -0.2) is 4.98 Å². The molecule has 0 fully saturated rings. The van der Waals surface area contributed by atoms with Crippen LogP contribution in [0.15, 0.2) is 58.5 Å². The highest BCUT2D eigenvalue weighted by Crippen LogP contribution is 2.25. The summed E-state index contributed by atoms with van der Waals surface area (Å²) >= 11 is 1.21. The average molecular weight is 354 g/mol. The van der Waals surface area contributed by atoms with Crippen LogP contribution in [-0.4, -0.2) is 27.9 Å². The molecule has 1 aromatic heterocycles. The molecule has 2 aromatic carbocycles. The van der Waals surface area contributed by atoms with Gasteiger partial charge in [0, 0.05) is 0 Å². The molecule has 0 aliphatic carbocycles. The number of hydrogen-bond acceptors (Lipinski definition) is 5. The Morgan fingerprint density at radius 1 is 1.20 bits per heavy atom. The van der Waals surface area contributed by atoms with Gasteiger partial charge < -0.3 is 4.74 Å². The number of rotatable bonds is 4. The lowest BCUT2D eigenvalue weighted by Crippen LogP contribution is -2.24. The van der Waals surface area contributed by atoms with Crippen molar-refractivity contribution >= 4 is 28.6 Å². The molecule has 0 spiro atoms. The summed E-state index contributed by atoms with van der Waals surface area (Å²) in [5.41, 5.74) is 2.21. The second-order valence-corrected chi connectivity index (χ2v) is 6.98. The molecular weight excluding hydrogens is 336 g/mol. The van der Waals surface area contributed by atoms with Crippen molar-refractivity contribution in [3.05, 3.63) is 64.4 Å². The summed E-state index contributed by atoms with van der Waals surface area (Å²) in [5.74, 6) is -0.358. The van der Waals surface area contributed by atoms with Crippen molar-refractivity contribution in [1.29, 1.82) is 0 Å². The van der Waals surface area contributed by atoms with Gasteiger partial charge in [-0.3, -0.25) is 14.2 Å². The lowest BCUT2D eigenvalue weighted by molar-refractivity contribution is -0.139. The topological polar surface area (TPSA) is 61.2 Å². The van der Waals surface area contributed by atoms with Crippen LogP contribution >= 0.6 is 11.8 Å². The standard InChI is InChI=1S/C19H18N2O3S/c1-12-7-6-8-14(11-12)21-17(22)15-9-4-5-10-16(15)20-19(21)25-13(2)18(23)24-3/h4-11,13H,1-3H3/t13-/m0/s1. The van der Waals surface area contributed by atoms with Crippen molar-refractivity contribution in [3.8, 4) is 5.69 Å². The zero-order valence-electron chi connectivity index (χ0n) is 14.2. The lowest BCUT2D eigenvalue weighted by atomic mass is 10.2. The summed E-state index contributed by atoms with van der Waals surface area (Å²) in [5, 5.41) is 0.528. The number of benzene rings is 2. The first-order valence-corrected chi connectivity index (χ1v) is 8.72. The van der Waals surface area contributed by atoms with E-state index in [2.05, 4.69) is 4.98 Å². The van der Waals surface area contributed by atoms with Gasteiger partial charge in [-0.05, 0) is 43.7 Å². The molecule has 128 valence electrons. The number of nitrogens with zero attached hydrogens (tertiary/aromatic N) is 2. The third kappa shape index (κ3) is 3.44. The highest BCUT2D eigenvalue weighted by Gasteiger charge is 2.20. The third-order valence-electron chi connectivity index (χ3n) is 3.82. The first-order valence-electron chi connectivity index (χ1n) is 7.84. The van der Waals surface area contributed by atoms with Crippen LogP contribution < -0.4 is 5.56 Å². The van der Waals surface area contributed by atoms with Gasteiger partial charge in [-0.2, -0.15) is 0 Å². The molecule has 3 rings (SSSR count). The van der Waals surface area contributed by atoms with Crippen LogP contribution in [0.25, 0.3) is 16.6 Å². The Balaban J connectivity index is 2.24. The Hall–Kier alpha value is -2.60. The molecule has 0 bridgehead atoms. The largest absolute Gasteiger partial charge is 0.468 e. The number of para-hydroxylation sites is 1. The maximum Gasteiger partial charge on any atom is 0.318 e. The minimum Gasteiger partial charge on any atom is -0.468 e. The van der Waals surface area contributed by atoms with E-state index in [1.165, 1.54) is 18.9 Å². The van der Waals surface area contributed by atoms with Crippen LogP contribution in [0, 0.1) is 6.92 Å². The van der Waals surface area contributed by atoms with Crippen molar-refractivity contribution in [3.63, 3.8) is 0 Å². The van der Waals surface area contributed by atoms with Crippen LogP contribution in [0.4, 0.5) is 0 Å². The minimum absolute atomic E-state index is 0.157. The Morgan fingerprint density at radius 3 is 2.68 bits per heavy atom. The van der Waals surface area contributed by atoms with Crippen LogP contribution in [0.2, 0.25) is 0 Å². The van der Waals surface area contributed by atoms with E-state index in [1.54, 1.807) is 23.6 Å². The number of carbonyl (C=O) groups is 1. The van der Waals surface area contributed by atoms with Crippen LogP contribution in [0.1, 0.15) is 12.5 Å². The third-order valence-corrected chi connectivity index (χ3v) is 4.85. The first-order chi connectivity index (χ1) is 12.0. The molecule has 3 aromatic rings. The molecule has 5 nitrogen and oxygen atoms in total. The van der Waals surface area contributed by atoms with E-state index in [0.29, 0.717) is 16.1 Å². The summed E-state index contributed by atoms with van der Waals surface area (Å²) in [6.07, 6.45) is 0. The normalized spacial score (nSPS) is 12.1. The Bertz CT molecular complexity index is 997. The fourth-order valence-corrected chi connectivity index (χ4v) is 3.51. The van der Waals surface area contributed by atoms with Crippen molar-refractivity contribution < 1.29 is 9.53 Å². The Labute approximate surface area is 149 Å². The number of aromatic nitrogens is 2. The minimum atomic E-state index is -0.478. The highest BCUT2D eigenvalue weighted by atomic mass is 32.2. The summed E-state index contributed by atoms with van der Waals surface area (Å²) in [6, 6.07) is 14.8. The smallest absolute Gasteiger partial charge is 0.318 e. The number of hydrogen-bond donors (Lipinski definition) is 0. The van der Waals surface area contributed by atoms with E-state index in [9.17, 15) is 9.59 Å². The van der Waals surface area contributed by atoms with Crippen LogP contribution in [0.3, 0.4) is 0 Å². The van der Waals surface area contributed by atoms with Gasteiger partial charge in [0.25, 0.3) is 5.56 Å². The molecule has 0 saturated carbocycles. The summed E-state index contributed by atoms with van der Waals surface area (Å²) < 4.78 is 6.35. The Morgan fingerprint density at radius 2 is 1.96 bits per heavy atom. The molecule has 0 amide bonds. The van der Waals surface area contributed by atoms with Crippen LogP contribution in [0.5, 0.6) is 0 Å². The molecule has 25 heavy (non-hydrogen) atoms. The molecular formula is C19H18N2O3S. The molecule has 0 N–H and O–H groups in total. The van der Waals surface area contributed by atoms with Gasteiger partial charge in [-0.1, -0.05) is 36.0 Å². The molecule has 1 atom stereocenters. The fraction of sp³-hybridized carbons (Fsp3) is 0.211. The van der Waals surface area contributed by atoms with Gasteiger partial charge in [0.05, 0.1) is 23.7 Å². The quantitative estimate of drug-likeness (QED) is 0.408. The predicted octanol–water partition coefficient (Wildman–Crippen LogP) is 3.35. The van der Waals surface area contributed by atoms with Gasteiger partial charge in [0.2, 0.25) is 0 Å². The lowest BCUT2D eigenvalue weighted by Gasteiger charge is -2.15. The molecule has 0 unspecified atom stereocenters. The number of ether oxygens (including phenoxy) is 1. The summed E-state index contributed by atoms with van der Waals surface area (Å²) in [7, 11) is 1.35. The molecule has 0 aliphatic rings. The summed E-state index contributed by atoms with van der Waals surface area (Å²) in [6.45, 7) is 3.70. The van der Waals surface area contributed by atoms with E-state index in [-0.39, 0.29) is 11.5 Å². The molecule has 6 heteroatoms. The average Bonchev–Trinajstić information content (AvgIpc) is 2.61. The second-order valence-electron chi connectivity index (χ2n) is 5.67. The van der Waals surface area contributed by atoms with Crippen molar-refractivity contribution in [2.24, 2.45) is 0 Å². The van der Waals surface area contributed by atoms with Gasteiger partial charge in [0.15, 0.2) is 5.16 Å². The molecule has 0 radical (unpaired) electrons. The van der Waals surface area contributed by atoms with Gasteiger partial charge >= 0.3 is 5.97 Å². The highest BCUT2D eigenvalue weighted by molar-refractivity contribution is 8.00. The van der Waals surface area contributed by atoms with Gasteiger partial charge in [0.1, 0.15) is 5.25 Å². The number of methoxy groups -OCH3 is 1. The summed E-state index contributed by atoms with van der Waals surface area (Å²) in [4.78, 5) is 29.5. The van der Waals surface area contributed by atoms with E-state index in [1.807, 2.05) is 43.3 Å². The maximum absolute atomic E-state index is 13.1. The maximum atomic E-state index is 13.1. The van der Waals surface area contributed by atoms with Crippen LogP contribution in [-0.2, 0) is 9.53 Å². The monoisotopic (exact) mass is 354 g/mol. The zero-order chi connectivity index (χ0) is 18.0. The van der Waals surface area contributed by atoms with Crippen molar-refractivity contribution in [2.75, 3.05) is 7.11 Å². The van der Waals surface area contributed by atoms with E-state index >= 15 is 0 Å². The number of carbonyl (C=O) groups excluding carboxylic acids is 1. The van der Waals surface area contributed by atoms with E-state index in [0.717, 1.165) is 11.3 Å². The van der Waals surface area contributed by atoms with E-state index in [4.69, 9.17) is 4.74 Å². The SMILES string of the molecule is COC(=O)[C@H](C)Sc1nc2ccccc2c(=O)n1-c1cccc(C)c1. The van der Waals surface area contributed by atoms with E-state index < -0.39 is 5.25 Å². The number of fused-ring (bicyclic) bond motifs is 1. The van der Waals surface area contributed by atoms with Crippen molar-refractivity contribution in [1.82, 2.24) is 9.55 Å². The molecule has 0 saturated heterocycles. The fourth-order valence-electron chi connectivity index (χ4n) is 2.56. The number of esters is 1. The number of thioether (sulfide) groups is 1. The first kappa shape index (κ1) is 17.2. The second kappa shape index (κ2) is 7.11. The predicted molar refractivity (Wildman–Crippen MR) is 99.4 cm³/mol. The Kier molecular flexibility index (Phi) is 4.90. The molecule has 0 aliphatic heterocycles. The zero-order valence-corrected chi connectivity index (χ0v) is 15.0. The van der Waals surface area contributed by atoms with Gasteiger partial charge in [-0.15, -0.1) is 0 Å². The number of aryl methyl sites for hydroxylation is 1.